The first-order valence-corrected chi connectivity index (χ1v) is 15.9. The minimum absolute atomic E-state index is 0.0678. The molecule has 3 heterocycles. The number of hydrogen-bond donors (Lipinski definition) is 1. The molecule has 2 aromatic carbocycles. The number of ether oxygens (including phenoxy) is 2. The highest BCUT2D eigenvalue weighted by molar-refractivity contribution is 7.17. The molecule has 0 amide bonds. The number of fused-ring (bicyclic) bond motifs is 2. The second kappa shape index (κ2) is 14.0. The van der Waals surface area contributed by atoms with E-state index < -0.39 is 0 Å². The molecular weight excluding hydrogens is 534 g/mol. The highest BCUT2D eigenvalue weighted by Crippen LogP contribution is 2.32. The molecule has 4 aromatic rings. The van der Waals surface area contributed by atoms with Crippen molar-refractivity contribution in [2.75, 3.05) is 51.0 Å². The zero-order valence-corrected chi connectivity index (χ0v) is 24.9. The molecule has 1 N–H and O–H groups in total. The van der Waals surface area contributed by atoms with Crippen LogP contribution in [0.5, 0.6) is 5.75 Å². The predicted octanol–water partition coefficient (Wildman–Crippen LogP) is 6.71. The zero-order chi connectivity index (χ0) is 28.5. The lowest BCUT2D eigenvalue weighted by atomic mass is 10.1. The maximum atomic E-state index is 12.6. The molecule has 1 aliphatic rings. The molecule has 0 saturated carbocycles. The van der Waals surface area contributed by atoms with Gasteiger partial charge in [0.1, 0.15) is 5.75 Å². The van der Waals surface area contributed by atoms with Crippen LogP contribution in [-0.2, 0) is 9.53 Å². The number of esters is 1. The van der Waals surface area contributed by atoms with Crippen LogP contribution in [0.3, 0.4) is 0 Å². The number of rotatable bonds is 14. The number of benzene rings is 2. The van der Waals surface area contributed by atoms with Crippen LogP contribution in [0.25, 0.3) is 21.0 Å². The van der Waals surface area contributed by atoms with Crippen molar-refractivity contribution < 1.29 is 18.8 Å². The molecule has 0 spiro atoms. The molecule has 0 atom stereocenters. The molecule has 5 rings (SSSR count). The molecule has 1 aliphatic heterocycles. The van der Waals surface area contributed by atoms with Gasteiger partial charge in [-0.25, -0.2) is 0 Å². The van der Waals surface area contributed by atoms with Crippen LogP contribution < -0.4 is 15.2 Å². The van der Waals surface area contributed by atoms with Crippen molar-refractivity contribution >= 4 is 44.0 Å². The number of H-pyrrole nitrogens is 1. The fraction of sp³-hybridized carbons (Fsp3) is 0.455. The lowest BCUT2D eigenvalue weighted by Crippen LogP contribution is -2.61. The normalized spacial score (nSPS) is 14.9. The number of carbonyl (C=O) groups excluding carboxylic acids is 1. The van der Waals surface area contributed by atoms with Crippen molar-refractivity contribution in [1.82, 2.24) is 4.98 Å². The number of carbonyl (C=O) groups is 1. The molecule has 218 valence electrons. The number of thiophene rings is 1. The van der Waals surface area contributed by atoms with E-state index in [4.69, 9.17) is 9.47 Å². The van der Waals surface area contributed by atoms with Gasteiger partial charge in [0, 0.05) is 34.3 Å². The number of nitrogens with zero attached hydrogens (tertiary/aromatic N) is 2. The van der Waals surface area contributed by atoms with Crippen LogP contribution in [0.4, 0.5) is 5.69 Å². The van der Waals surface area contributed by atoms with Gasteiger partial charge < -0.3 is 19.4 Å². The third kappa shape index (κ3) is 7.68. The SMILES string of the molecule is CCCCCCC(=O)OC[N+]1(CCCCOc2ccc3ccc(=O)[nH]c3c2)CCN(c2cccc3sccc23)CC1. The molecule has 8 heteroatoms. The van der Waals surface area contributed by atoms with Crippen molar-refractivity contribution in [2.24, 2.45) is 0 Å². The van der Waals surface area contributed by atoms with Crippen molar-refractivity contribution in [3.63, 3.8) is 0 Å². The molecule has 41 heavy (non-hydrogen) atoms. The molecule has 7 nitrogen and oxygen atoms in total. The number of aromatic amines is 1. The van der Waals surface area contributed by atoms with Gasteiger partial charge in [-0.1, -0.05) is 32.3 Å². The molecule has 0 radical (unpaired) electrons. The first-order chi connectivity index (χ1) is 20.0. The topological polar surface area (TPSA) is 71.6 Å². The quantitative estimate of drug-likeness (QED) is 0.103. The fourth-order valence-corrected chi connectivity index (χ4v) is 6.54. The lowest BCUT2D eigenvalue weighted by molar-refractivity contribution is -0.944. The summed E-state index contributed by atoms with van der Waals surface area (Å²) in [7, 11) is 0. The summed E-state index contributed by atoms with van der Waals surface area (Å²) in [5.41, 5.74) is 1.98. The summed E-state index contributed by atoms with van der Waals surface area (Å²) < 4.78 is 14.0. The Morgan fingerprint density at radius 1 is 1.00 bits per heavy atom. The Bertz CT molecular complexity index is 1490. The zero-order valence-electron chi connectivity index (χ0n) is 24.1. The van der Waals surface area contributed by atoms with Crippen molar-refractivity contribution in [3.8, 4) is 5.75 Å². The third-order valence-electron chi connectivity index (χ3n) is 8.23. The Balaban J connectivity index is 1.16. The summed E-state index contributed by atoms with van der Waals surface area (Å²) in [6.07, 6.45) is 6.73. The van der Waals surface area contributed by atoms with Gasteiger partial charge in [0.05, 0.1) is 44.8 Å². The van der Waals surface area contributed by atoms with Crippen molar-refractivity contribution in [3.05, 3.63) is 70.3 Å². The average molecular weight is 577 g/mol. The van der Waals surface area contributed by atoms with Crippen LogP contribution in [0, 0.1) is 0 Å². The summed E-state index contributed by atoms with van der Waals surface area (Å²) in [4.78, 5) is 29.6. The highest BCUT2D eigenvalue weighted by Gasteiger charge is 2.34. The van der Waals surface area contributed by atoms with Gasteiger partial charge in [-0.3, -0.25) is 14.1 Å². The van der Waals surface area contributed by atoms with Crippen LogP contribution in [0.15, 0.2) is 64.8 Å². The fourth-order valence-electron chi connectivity index (χ4n) is 5.74. The number of quaternary nitrogens is 1. The summed E-state index contributed by atoms with van der Waals surface area (Å²) >= 11 is 1.79. The van der Waals surface area contributed by atoms with E-state index in [1.807, 2.05) is 24.3 Å². The Morgan fingerprint density at radius 3 is 2.71 bits per heavy atom. The van der Waals surface area contributed by atoms with Crippen LogP contribution >= 0.6 is 11.3 Å². The number of piperazine rings is 1. The second-order valence-electron chi connectivity index (χ2n) is 11.2. The van der Waals surface area contributed by atoms with Crippen LogP contribution in [-0.4, -0.2) is 61.5 Å². The third-order valence-corrected chi connectivity index (χ3v) is 9.11. The van der Waals surface area contributed by atoms with Gasteiger partial charge >= 0.3 is 5.97 Å². The highest BCUT2D eigenvalue weighted by atomic mass is 32.1. The van der Waals surface area contributed by atoms with E-state index >= 15 is 0 Å². The van der Waals surface area contributed by atoms with E-state index in [1.54, 1.807) is 11.3 Å². The van der Waals surface area contributed by atoms with Crippen LogP contribution in [0.1, 0.15) is 51.9 Å². The number of hydrogen-bond acceptors (Lipinski definition) is 6. The van der Waals surface area contributed by atoms with Crippen molar-refractivity contribution in [1.29, 1.82) is 0 Å². The molecule has 2 aromatic heterocycles. The number of unbranched alkanes of at least 4 members (excludes halogenated alkanes) is 4. The van der Waals surface area contributed by atoms with Gasteiger partial charge in [0.2, 0.25) is 12.3 Å². The number of pyridine rings is 1. The maximum Gasteiger partial charge on any atom is 0.310 e. The Morgan fingerprint density at radius 2 is 1.85 bits per heavy atom. The van der Waals surface area contributed by atoms with Gasteiger partial charge in [-0.05, 0) is 66.4 Å². The average Bonchev–Trinajstić information content (AvgIpc) is 3.48. The number of anilines is 1. The van der Waals surface area contributed by atoms with Gasteiger partial charge in [0.25, 0.3) is 0 Å². The van der Waals surface area contributed by atoms with Gasteiger partial charge in [-0.2, -0.15) is 0 Å². The first-order valence-electron chi connectivity index (χ1n) is 15.0. The largest absolute Gasteiger partial charge is 0.494 e. The van der Waals surface area contributed by atoms with Gasteiger partial charge in [0.15, 0.2) is 0 Å². The first kappa shape index (κ1) is 29.1. The number of aromatic nitrogens is 1. The van der Waals surface area contributed by atoms with Crippen molar-refractivity contribution in [2.45, 2.75) is 51.9 Å². The summed E-state index contributed by atoms with van der Waals surface area (Å²) in [5.74, 6) is 0.693. The summed E-state index contributed by atoms with van der Waals surface area (Å²) in [6.45, 7) is 7.95. The van der Waals surface area contributed by atoms with E-state index in [2.05, 4.69) is 46.5 Å². The lowest BCUT2D eigenvalue weighted by Gasteiger charge is -2.45. The smallest absolute Gasteiger partial charge is 0.310 e. The Kier molecular flexibility index (Phi) is 9.96. The van der Waals surface area contributed by atoms with Gasteiger partial charge in [-0.15, -0.1) is 11.3 Å². The standard InChI is InChI=1S/C33H41N3O4S/c1-2-3-4-5-11-33(38)40-25-36(20-17-35(18-21-36)30-9-8-10-31-28(30)16-23-41-31)19-6-7-22-39-27-14-12-26-13-15-32(37)34-29(26)24-27/h8-10,12-16,23-24H,2-7,11,17-22,25H2,1H3/p+1. The van der Waals surface area contributed by atoms with Crippen LogP contribution in [0.2, 0.25) is 0 Å². The maximum absolute atomic E-state index is 12.6. The Labute approximate surface area is 246 Å². The molecule has 1 fully saturated rings. The summed E-state index contributed by atoms with van der Waals surface area (Å²) in [6, 6.07) is 17.9. The Hall–Kier alpha value is -3.36. The number of nitrogens with one attached hydrogen (secondary N) is 1. The second-order valence-corrected chi connectivity index (χ2v) is 12.1. The molecule has 0 unspecified atom stereocenters. The monoisotopic (exact) mass is 576 g/mol. The van der Waals surface area contributed by atoms with E-state index in [0.717, 1.165) is 86.0 Å². The molecule has 1 saturated heterocycles. The van der Waals surface area contributed by atoms with E-state index in [0.29, 0.717) is 19.8 Å². The minimum Gasteiger partial charge on any atom is -0.494 e. The molecular formula is C33H42N3O4S+. The predicted molar refractivity (Wildman–Crippen MR) is 168 cm³/mol. The van der Waals surface area contributed by atoms with E-state index in [9.17, 15) is 9.59 Å². The molecule has 0 bridgehead atoms. The molecule has 0 aliphatic carbocycles. The van der Waals surface area contributed by atoms with E-state index in [1.165, 1.54) is 28.3 Å². The summed E-state index contributed by atoms with van der Waals surface area (Å²) in [5, 5.41) is 4.47. The van der Waals surface area contributed by atoms with E-state index in [-0.39, 0.29) is 11.5 Å². The minimum atomic E-state index is -0.113.